The number of benzene rings is 2. The van der Waals surface area contributed by atoms with Crippen molar-refractivity contribution < 1.29 is 4.74 Å². The van der Waals surface area contributed by atoms with E-state index in [1.807, 2.05) is 44.2 Å². The van der Waals surface area contributed by atoms with Crippen molar-refractivity contribution in [1.29, 1.82) is 5.26 Å². The molecule has 0 bridgehead atoms. The van der Waals surface area contributed by atoms with E-state index in [2.05, 4.69) is 33.0 Å². The van der Waals surface area contributed by atoms with E-state index >= 15 is 0 Å². The number of fused-ring (bicyclic) bond motifs is 2. The minimum atomic E-state index is -0.741. The molecule has 1 aromatic heterocycles. The minimum absolute atomic E-state index is 0.0657. The van der Waals surface area contributed by atoms with Crippen molar-refractivity contribution in [3.8, 4) is 11.8 Å². The molecule has 142 valence electrons. The lowest BCUT2D eigenvalue weighted by atomic mass is 9.78. The molecule has 1 unspecified atom stereocenters. The fourth-order valence-corrected chi connectivity index (χ4v) is 4.47. The summed E-state index contributed by atoms with van der Waals surface area (Å²) >= 11 is 3.58. The zero-order valence-corrected chi connectivity index (χ0v) is 17.5. The average Bonchev–Trinajstić information content (AvgIpc) is 3.15. The molecule has 1 N–H and O–H groups in total. The number of aryl methyl sites for hydroxylation is 1. The summed E-state index contributed by atoms with van der Waals surface area (Å²) in [5, 5.41) is 11.0. The normalized spacial score (nSPS) is 14.9. The highest BCUT2D eigenvalue weighted by Gasteiger charge is 2.30. The van der Waals surface area contributed by atoms with Gasteiger partial charge in [0.05, 0.1) is 18.1 Å². The van der Waals surface area contributed by atoms with Crippen molar-refractivity contribution in [3.63, 3.8) is 0 Å². The van der Waals surface area contributed by atoms with E-state index in [4.69, 9.17) is 4.74 Å². The largest absolute Gasteiger partial charge is 0.493 e. The van der Waals surface area contributed by atoms with Crippen LogP contribution in [0.25, 0.3) is 10.9 Å². The van der Waals surface area contributed by atoms with E-state index in [1.165, 1.54) is 5.56 Å². The first-order chi connectivity index (χ1) is 13.4. The number of hydrogen-bond donors (Lipinski definition) is 1. The summed E-state index contributed by atoms with van der Waals surface area (Å²) in [6.07, 6.45) is 2.12. The summed E-state index contributed by atoms with van der Waals surface area (Å²) in [5.41, 5.74) is 3.82. The first-order valence-electron chi connectivity index (χ1n) is 9.45. The van der Waals surface area contributed by atoms with Gasteiger partial charge < -0.3 is 9.72 Å². The van der Waals surface area contributed by atoms with Crippen LogP contribution in [0.15, 0.2) is 45.7 Å². The molecule has 1 aliphatic heterocycles. The first kappa shape index (κ1) is 18.8. The van der Waals surface area contributed by atoms with E-state index in [9.17, 15) is 10.1 Å². The Kier molecular flexibility index (Phi) is 4.76. The molecule has 4 rings (SSSR count). The molecule has 0 fully saturated rings. The number of hydrogen-bond acceptors (Lipinski definition) is 3. The third-order valence-electron chi connectivity index (χ3n) is 5.56. The molecule has 2 aromatic carbocycles. The average molecular weight is 437 g/mol. The van der Waals surface area contributed by atoms with Crippen molar-refractivity contribution in [2.75, 3.05) is 6.61 Å². The number of nitrogens with one attached hydrogen (secondary N) is 1. The molecule has 28 heavy (non-hydrogen) atoms. The smallest absolute Gasteiger partial charge is 0.251 e. The molecule has 1 atom stereocenters. The van der Waals surface area contributed by atoms with Gasteiger partial charge in [-0.05, 0) is 66.1 Å². The third-order valence-corrected chi connectivity index (χ3v) is 6.01. The fourth-order valence-electron chi connectivity index (χ4n) is 3.92. The van der Waals surface area contributed by atoms with Crippen LogP contribution >= 0.6 is 15.9 Å². The van der Waals surface area contributed by atoms with Gasteiger partial charge in [0.1, 0.15) is 5.75 Å². The third kappa shape index (κ3) is 3.22. The Morgan fingerprint density at radius 1 is 1.25 bits per heavy atom. The van der Waals surface area contributed by atoms with Crippen LogP contribution in [0.3, 0.4) is 0 Å². The second kappa shape index (κ2) is 7.10. The van der Waals surface area contributed by atoms with Gasteiger partial charge in [-0.3, -0.25) is 4.79 Å². The zero-order valence-electron chi connectivity index (χ0n) is 15.9. The van der Waals surface area contributed by atoms with E-state index in [1.54, 1.807) is 0 Å². The Balaban J connectivity index is 1.78. The molecular weight excluding hydrogens is 416 g/mol. The topological polar surface area (TPSA) is 65.9 Å². The van der Waals surface area contributed by atoms with Gasteiger partial charge in [-0.1, -0.05) is 35.0 Å². The molecular formula is C23H21BrN2O2. The second-order valence-electron chi connectivity index (χ2n) is 7.55. The molecule has 4 nitrogen and oxygen atoms in total. The molecule has 0 amide bonds. The van der Waals surface area contributed by atoms with E-state index < -0.39 is 5.41 Å². The Morgan fingerprint density at radius 3 is 2.82 bits per heavy atom. The van der Waals surface area contributed by atoms with Crippen molar-refractivity contribution in [2.24, 2.45) is 0 Å². The fraction of sp³-hybridized carbons (Fsp3) is 0.304. The summed E-state index contributed by atoms with van der Waals surface area (Å²) < 4.78 is 6.85. The summed E-state index contributed by atoms with van der Waals surface area (Å²) in [7, 11) is 0. The molecule has 5 heteroatoms. The standard InChI is InChI=1S/C23H21BrN2O2/c1-3-14-8-15-4-5-18(11-20(15)26-22(14)27)23(2,13-25)12-17-10-19(24)9-16-6-7-28-21(16)17/h4-5,8-11H,3,6-7,12H2,1-2H3,(H,26,27). The highest BCUT2D eigenvalue weighted by Crippen LogP contribution is 2.38. The SMILES string of the molecule is CCc1cc2ccc(C(C)(C#N)Cc3cc(Br)cc4c3OCC4)cc2[nH]c1=O. The predicted octanol–water partition coefficient (Wildman–Crippen LogP) is 4.81. The highest BCUT2D eigenvalue weighted by molar-refractivity contribution is 9.10. The van der Waals surface area contributed by atoms with Crippen molar-refractivity contribution in [1.82, 2.24) is 4.98 Å². The summed E-state index contributed by atoms with van der Waals surface area (Å²) in [5.74, 6) is 0.909. The summed E-state index contributed by atoms with van der Waals surface area (Å²) in [4.78, 5) is 15.2. The van der Waals surface area contributed by atoms with Gasteiger partial charge in [-0.25, -0.2) is 0 Å². The molecule has 2 heterocycles. The zero-order chi connectivity index (χ0) is 19.9. The van der Waals surface area contributed by atoms with Gasteiger partial charge in [0, 0.05) is 22.0 Å². The van der Waals surface area contributed by atoms with Crippen LogP contribution in [0.1, 0.15) is 36.1 Å². The lowest BCUT2D eigenvalue weighted by Crippen LogP contribution is -2.23. The lowest BCUT2D eigenvalue weighted by Gasteiger charge is -2.24. The first-order valence-corrected chi connectivity index (χ1v) is 10.2. The molecule has 3 aromatic rings. The second-order valence-corrected chi connectivity index (χ2v) is 8.47. The van der Waals surface area contributed by atoms with Crippen LogP contribution in [-0.2, 0) is 24.7 Å². The quantitative estimate of drug-likeness (QED) is 0.637. The van der Waals surface area contributed by atoms with E-state index in [0.29, 0.717) is 19.4 Å². The van der Waals surface area contributed by atoms with Gasteiger partial charge in [0.2, 0.25) is 0 Å². The van der Waals surface area contributed by atoms with Crippen LogP contribution in [0.4, 0.5) is 0 Å². The van der Waals surface area contributed by atoms with Crippen LogP contribution in [0.5, 0.6) is 5.75 Å². The predicted molar refractivity (Wildman–Crippen MR) is 114 cm³/mol. The van der Waals surface area contributed by atoms with Crippen molar-refractivity contribution in [3.05, 3.63) is 73.5 Å². The minimum Gasteiger partial charge on any atom is -0.493 e. The van der Waals surface area contributed by atoms with Crippen LogP contribution in [-0.4, -0.2) is 11.6 Å². The van der Waals surface area contributed by atoms with Crippen molar-refractivity contribution >= 4 is 26.8 Å². The molecule has 1 aliphatic rings. The number of rotatable bonds is 4. The number of aromatic amines is 1. The summed E-state index contributed by atoms with van der Waals surface area (Å²) in [6, 6.07) is 14.4. The number of ether oxygens (including phenoxy) is 1. The number of nitriles is 1. The van der Waals surface area contributed by atoms with E-state index in [-0.39, 0.29) is 5.56 Å². The maximum Gasteiger partial charge on any atom is 0.251 e. The molecule has 0 spiro atoms. The number of halogens is 1. The lowest BCUT2D eigenvalue weighted by molar-refractivity contribution is 0.351. The van der Waals surface area contributed by atoms with Gasteiger partial charge >= 0.3 is 0 Å². The Bertz CT molecular complexity index is 1180. The Hall–Kier alpha value is -2.58. The number of aromatic nitrogens is 1. The highest BCUT2D eigenvalue weighted by atomic mass is 79.9. The maximum absolute atomic E-state index is 12.2. The van der Waals surface area contributed by atoms with Gasteiger partial charge in [-0.2, -0.15) is 5.26 Å². The van der Waals surface area contributed by atoms with Crippen LogP contribution in [0.2, 0.25) is 0 Å². The van der Waals surface area contributed by atoms with E-state index in [0.717, 1.165) is 44.2 Å². The number of H-pyrrole nitrogens is 1. The van der Waals surface area contributed by atoms with Crippen molar-refractivity contribution in [2.45, 2.75) is 38.5 Å². The molecule has 0 saturated heterocycles. The molecule has 0 radical (unpaired) electrons. The number of nitrogens with zero attached hydrogens (tertiary/aromatic N) is 1. The molecule has 0 aliphatic carbocycles. The van der Waals surface area contributed by atoms with Gasteiger partial charge in [0.15, 0.2) is 0 Å². The maximum atomic E-state index is 12.2. The van der Waals surface area contributed by atoms with Gasteiger partial charge in [-0.15, -0.1) is 0 Å². The van der Waals surface area contributed by atoms with Crippen LogP contribution < -0.4 is 10.3 Å². The molecule has 0 saturated carbocycles. The van der Waals surface area contributed by atoms with Crippen LogP contribution in [0, 0.1) is 11.3 Å². The van der Waals surface area contributed by atoms with Gasteiger partial charge in [0.25, 0.3) is 5.56 Å². The monoisotopic (exact) mass is 436 g/mol. The Morgan fingerprint density at radius 2 is 2.07 bits per heavy atom. The summed E-state index contributed by atoms with van der Waals surface area (Å²) in [6.45, 7) is 4.59. The Labute approximate surface area is 172 Å². The number of pyridine rings is 1.